The molecule has 1 aromatic heterocycles. The van der Waals surface area contributed by atoms with Crippen LogP contribution in [0.2, 0.25) is 0 Å². The number of rotatable bonds is 6. The summed E-state index contributed by atoms with van der Waals surface area (Å²) in [5, 5.41) is 16.8. The molecule has 1 heterocycles. The van der Waals surface area contributed by atoms with Crippen molar-refractivity contribution in [3.05, 3.63) is 11.8 Å². The van der Waals surface area contributed by atoms with Crippen molar-refractivity contribution < 1.29 is 14.6 Å². The SMILES string of the molecule is CO[C@H]1CC[C@H](Nc2ncc(C(N)=O)c(N[C@H]3CC[C@@](C)(O)CC3)n2)CC1. The van der Waals surface area contributed by atoms with Crippen LogP contribution in [0.3, 0.4) is 0 Å². The van der Waals surface area contributed by atoms with Crippen LogP contribution in [-0.2, 0) is 4.74 Å². The molecular formula is C19H31N5O3. The first-order valence-electron chi connectivity index (χ1n) is 9.81. The maximum Gasteiger partial charge on any atom is 0.254 e. The third kappa shape index (κ3) is 5.29. The Balaban J connectivity index is 1.67. The van der Waals surface area contributed by atoms with Crippen LogP contribution in [0.1, 0.15) is 68.6 Å². The molecule has 8 nitrogen and oxygen atoms in total. The van der Waals surface area contributed by atoms with Gasteiger partial charge in [-0.15, -0.1) is 0 Å². The van der Waals surface area contributed by atoms with Gasteiger partial charge in [0.05, 0.1) is 17.3 Å². The summed E-state index contributed by atoms with van der Waals surface area (Å²) < 4.78 is 5.41. The molecule has 0 spiro atoms. The first-order valence-corrected chi connectivity index (χ1v) is 9.81. The van der Waals surface area contributed by atoms with E-state index in [2.05, 4.69) is 20.6 Å². The van der Waals surface area contributed by atoms with Crippen LogP contribution in [0.25, 0.3) is 0 Å². The molecule has 0 bridgehead atoms. The molecule has 2 saturated carbocycles. The van der Waals surface area contributed by atoms with E-state index in [0.717, 1.165) is 51.4 Å². The van der Waals surface area contributed by atoms with Crippen molar-refractivity contribution in [2.75, 3.05) is 17.7 Å². The summed E-state index contributed by atoms with van der Waals surface area (Å²) in [4.78, 5) is 20.6. The number of amides is 1. The number of hydrogen-bond acceptors (Lipinski definition) is 7. The van der Waals surface area contributed by atoms with Crippen molar-refractivity contribution in [1.29, 1.82) is 0 Å². The van der Waals surface area contributed by atoms with Gasteiger partial charge in [-0.2, -0.15) is 4.98 Å². The Morgan fingerprint density at radius 3 is 2.41 bits per heavy atom. The maximum absolute atomic E-state index is 11.8. The third-order valence-electron chi connectivity index (χ3n) is 5.80. The number of carbonyl (C=O) groups excluding carboxylic acids is 1. The summed E-state index contributed by atoms with van der Waals surface area (Å²) in [6.45, 7) is 1.86. The van der Waals surface area contributed by atoms with Gasteiger partial charge < -0.3 is 26.2 Å². The molecular weight excluding hydrogens is 346 g/mol. The van der Waals surface area contributed by atoms with E-state index in [1.165, 1.54) is 6.20 Å². The fourth-order valence-corrected chi connectivity index (χ4v) is 3.94. The Hall–Kier alpha value is -1.93. The highest BCUT2D eigenvalue weighted by Crippen LogP contribution is 2.30. The molecule has 0 aliphatic heterocycles. The lowest BCUT2D eigenvalue weighted by Crippen LogP contribution is -2.36. The van der Waals surface area contributed by atoms with Crippen LogP contribution in [0, 0.1) is 0 Å². The van der Waals surface area contributed by atoms with Crippen molar-refractivity contribution >= 4 is 17.7 Å². The summed E-state index contributed by atoms with van der Waals surface area (Å²) in [6, 6.07) is 0.455. The summed E-state index contributed by atoms with van der Waals surface area (Å²) in [5.41, 5.74) is 5.18. The number of nitrogens with zero attached hydrogens (tertiary/aromatic N) is 2. The van der Waals surface area contributed by atoms with Gasteiger partial charge in [-0.1, -0.05) is 0 Å². The lowest BCUT2D eigenvalue weighted by Gasteiger charge is -2.34. The average molecular weight is 377 g/mol. The Labute approximate surface area is 160 Å². The molecule has 5 N–H and O–H groups in total. The molecule has 27 heavy (non-hydrogen) atoms. The van der Waals surface area contributed by atoms with Gasteiger partial charge in [0.15, 0.2) is 0 Å². The third-order valence-corrected chi connectivity index (χ3v) is 5.80. The maximum atomic E-state index is 11.8. The zero-order valence-corrected chi connectivity index (χ0v) is 16.2. The first-order chi connectivity index (χ1) is 12.9. The summed E-state index contributed by atoms with van der Waals surface area (Å²) in [7, 11) is 1.76. The molecule has 0 unspecified atom stereocenters. The molecule has 2 fully saturated rings. The number of aliphatic hydroxyl groups is 1. The fraction of sp³-hybridized carbons (Fsp3) is 0.737. The molecule has 0 atom stereocenters. The minimum atomic E-state index is -0.607. The number of hydrogen-bond donors (Lipinski definition) is 4. The highest BCUT2D eigenvalue weighted by molar-refractivity contribution is 5.97. The molecule has 2 aliphatic carbocycles. The Bertz CT molecular complexity index is 649. The molecule has 0 saturated heterocycles. The second-order valence-corrected chi connectivity index (χ2v) is 8.09. The van der Waals surface area contributed by atoms with Crippen molar-refractivity contribution in [2.24, 2.45) is 5.73 Å². The van der Waals surface area contributed by atoms with Gasteiger partial charge in [0.1, 0.15) is 5.82 Å². The quantitative estimate of drug-likeness (QED) is 0.598. The van der Waals surface area contributed by atoms with E-state index in [1.54, 1.807) is 7.11 Å². The van der Waals surface area contributed by atoms with E-state index in [4.69, 9.17) is 10.5 Å². The number of ether oxygens (including phenoxy) is 1. The smallest absolute Gasteiger partial charge is 0.254 e. The number of carbonyl (C=O) groups is 1. The summed E-state index contributed by atoms with van der Waals surface area (Å²) in [5.74, 6) is 0.427. The second-order valence-electron chi connectivity index (χ2n) is 8.09. The van der Waals surface area contributed by atoms with Gasteiger partial charge >= 0.3 is 0 Å². The molecule has 8 heteroatoms. The first kappa shape index (κ1) is 19.8. The van der Waals surface area contributed by atoms with Crippen LogP contribution >= 0.6 is 0 Å². The molecule has 3 rings (SSSR count). The van der Waals surface area contributed by atoms with Crippen LogP contribution in [0.4, 0.5) is 11.8 Å². The van der Waals surface area contributed by atoms with Crippen molar-refractivity contribution in [3.8, 4) is 0 Å². The average Bonchev–Trinajstić information content (AvgIpc) is 2.64. The van der Waals surface area contributed by atoms with Crippen LogP contribution < -0.4 is 16.4 Å². The standard InChI is InChI=1S/C19H31N5O3/c1-19(26)9-7-13(8-10-19)22-17-15(16(20)25)11-21-18(24-17)23-12-3-5-14(27-2)6-4-12/h11-14,26H,3-10H2,1-2H3,(H2,20,25)(H2,21,22,23,24)/t12-,13-,14-,19+. The number of aromatic nitrogens is 2. The number of primary amides is 1. The van der Waals surface area contributed by atoms with Crippen LogP contribution in [0.15, 0.2) is 6.20 Å². The summed E-state index contributed by atoms with van der Waals surface area (Å²) in [6.07, 6.45) is 8.92. The van der Waals surface area contributed by atoms with Gasteiger partial charge in [-0.05, 0) is 58.3 Å². The van der Waals surface area contributed by atoms with Crippen molar-refractivity contribution in [3.63, 3.8) is 0 Å². The molecule has 150 valence electrons. The number of nitrogens with two attached hydrogens (primary N) is 1. The zero-order valence-electron chi connectivity index (χ0n) is 16.2. The lowest BCUT2D eigenvalue weighted by molar-refractivity contribution is 0.0196. The Morgan fingerprint density at radius 1 is 1.19 bits per heavy atom. The van der Waals surface area contributed by atoms with E-state index in [0.29, 0.717) is 29.5 Å². The van der Waals surface area contributed by atoms with Gasteiger partial charge in [0, 0.05) is 25.4 Å². The monoisotopic (exact) mass is 377 g/mol. The van der Waals surface area contributed by atoms with Crippen molar-refractivity contribution in [2.45, 2.75) is 82.1 Å². The van der Waals surface area contributed by atoms with E-state index < -0.39 is 11.5 Å². The van der Waals surface area contributed by atoms with Crippen LogP contribution in [0.5, 0.6) is 0 Å². The number of nitrogens with one attached hydrogen (secondary N) is 2. The highest BCUT2D eigenvalue weighted by Gasteiger charge is 2.29. The Morgan fingerprint density at radius 2 is 1.81 bits per heavy atom. The molecule has 2 aliphatic rings. The molecule has 0 radical (unpaired) electrons. The van der Waals surface area contributed by atoms with E-state index in [9.17, 15) is 9.90 Å². The van der Waals surface area contributed by atoms with Gasteiger partial charge in [0.2, 0.25) is 5.95 Å². The normalized spacial score (nSPS) is 31.3. The second kappa shape index (κ2) is 8.39. The lowest BCUT2D eigenvalue weighted by atomic mass is 9.83. The Kier molecular flexibility index (Phi) is 6.16. The highest BCUT2D eigenvalue weighted by atomic mass is 16.5. The predicted molar refractivity (Wildman–Crippen MR) is 104 cm³/mol. The minimum absolute atomic E-state index is 0.156. The largest absolute Gasteiger partial charge is 0.390 e. The summed E-state index contributed by atoms with van der Waals surface area (Å²) >= 11 is 0. The molecule has 0 aromatic carbocycles. The van der Waals surface area contributed by atoms with Gasteiger partial charge in [0.25, 0.3) is 5.91 Å². The zero-order chi connectivity index (χ0) is 19.4. The molecule has 1 aromatic rings. The topological polar surface area (TPSA) is 122 Å². The predicted octanol–water partition coefficient (Wildman–Crippen LogP) is 2.05. The van der Waals surface area contributed by atoms with E-state index >= 15 is 0 Å². The number of methoxy groups -OCH3 is 1. The van der Waals surface area contributed by atoms with E-state index in [-0.39, 0.29) is 6.04 Å². The molecule has 1 amide bonds. The van der Waals surface area contributed by atoms with Gasteiger partial charge in [-0.25, -0.2) is 4.98 Å². The number of anilines is 2. The fourth-order valence-electron chi connectivity index (χ4n) is 3.94. The van der Waals surface area contributed by atoms with Crippen molar-refractivity contribution in [1.82, 2.24) is 9.97 Å². The van der Waals surface area contributed by atoms with E-state index in [1.807, 2.05) is 6.92 Å². The minimum Gasteiger partial charge on any atom is -0.390 e. The van der Waals surface area contributed by atoms with Gasteiger partial charge in [-0.3, -0.25) is 4.79 Å². The van der Waals surface area contributed by atoms with Crippen LogP contribution in [-0.4, -0.2) is 51.9 Å².